The van der Waals surface area contributed by atoms with Gasteiger partial charge in [0.2, 0.25) is 0 Å². The summed E-state index contributed by atoms with van der Waals surface area (Å²) in [5.41, 5.74) is -0.0191. The number of rotatable bonds is 4. The first-order valence-electron chi connectivity index (χ1n) is 7.77. The Morgan fingerprint density at radius 3 is 2.65 bits per heavy atom. The Morgan fingerprint density at radius 1 is 1.19 bits per heavy atom. The molecule has 1 aliphatic heterocycles. The molecule has 8 nitrogen and oxygen atoms in total. The highest BCUT2D eigenvalue weighted by atomic mass is 16.6. The number of hydrogen-bond acceptors (Lipinski definition) is 6. The van der Waals surface area contributed by atoms with E-state index in [0.29, 0.717) is 0 Å². The second kappa shape index (κ2) is 6.75. The number of ketones is 1. The summed E-state index contributed by atoms with van der Waals surface area (Å²) >= 11 is 0. The lowest BCUT2D eigenvalue weighted by atomic mass is 10.1. The number of benzene rings is 2. The van der Waals surface area contributed by atoms with E-state index in [9.17, 15) is 24.5 Å². The minimum atomic E-state index is -0.944. The van der Waals surface area contributed by atoms with Crippen molar-refractivity contribution in [1.82, 2.24) is 4.90 Å². The monoisotopic (exact) mass is 354 g/mol. The minimum Gasteiger partial charge on any atom is -0.480 e. The van der Waals surface area contributed by atoms with Crippen LogP contribution in [0.3, 0.4) is 0 Å². The molecule has 2 aromatic rings. The highest BCUT2D eigenvalue weighted by molar-refractivity contribution is 6.12. The fraction of sp³-hybridized carbons (Fsp3) is 0.167. The van der Waals surface area contributed by atoms with Crippen LogP contribution in [0, 0.1) is 10.1 Å². The highest BCUT2D eigenvalue weighted by Gasteiger charge is 2.35. The van der Waals surface area contributed by atoms with Crippen molar-refractivity contribution in [3.8, 4) is 5.75 Å². The van der Waals surface area contributed by atoms with E-state index in [1.165, 1.54) is 31.2 Å². The Kier molecular flexibility index (Phi) is 4.49. The maximum Gasteiger partial charge on any atom is 0.270 e. The second-order valence-corrected chi connectivity index (χ2v) is 5.72. The van der Waals surface area contributed by atoms with E-state index >= 15 is 0 Å². The third-order valence-corrected chi connectivity index (χ3v) is 3.96. The van der Waals surface area contributed by atoms with Crippen LogP contribution in [0.5, 0.6) is 5.75 Å². The molecule has 132 valence electrons. The van der Waals surface area contributed by atoms with E-state index in [1.54, 1.807) is 18.2 Å². The fourth-order valence-electron chi connectivity index (χ4n) is 2.63. The standard InChI is InChI=1S/C18H14N2O6/c1-11-17(22)19(18(23)14-7-2-3-8-16(14)26-11)10-15(21)12-5-4-6-13(9-12)20(24)25/h2-9,11H,10H2,1H3/t11-/m1/s1. The number of non-ortho nitro benzene ring substituents is 1. The van der Waals surface area contributed by atoms with Gasteiger partial charge in [0.25, 0.3) is 17.5 Å². The summed E-state index contributed by atoms with van der Waals surface area (Å²) in [7, 11) is 0. The van der Waals surface area contributed by atoms with E-state index in [1.807, 2.05) is 0 Å². The summed E-state index contributed by atoms with van der Waals surface area (Å²) in [6.07, 6.45) is -0.944. The number of carbonyl (C=O) groups is 3. The quantitative estimate of drug-likeness (QED) is 0.361. The summed E-state index contributed by atoms with van der Waals surface area (Å²) in [6.45, 7) is 0.962. The van der Waals surface area contributed by atoms with Crippen molar-refractivity contribution >= 4 is 23.3 Å². The van der Waals surface area contributed by atoms with E-state index in [4.69, 9.17) is 4.74 Å². The molecule has 0 spiro atoms. The zero-order chi connectivity index (χ0) is 18.8. The van der Waals surface area contributed by atoms with Crippen molar-refractivity contribution in [2.45, 2.75) is 13.0 Å². The summed E-state index contributed by atoms with van der Waals surface area (Å²) in [6, 6.07) is 11.5. The molecular weight excluding hydrogens is 340 g/mol. The summed E-state index contributed by atoms with van der Waals surface area (Å²) in [5, 5.41) is 10.9. The lowest BCUT2D eigenvalue weighted by Crippen LogP contribution is -2.44. The molecule has 0 radical (unpaired) electrons. The van der Waals surface area contributed by atoms with Gasteiger partial charge in [0.15, 0.2) is 11.9 Å². The van der Waals surface area contributed by atoms with Crippen molar-refractivity contribution in [2.75, 3.05) is 6.54 Å². The number of nitro benzene ring substituents is 1. The van der Waals surface area contributed by atoms with E-state index in [2.05, 4.69) is 0 Å². The van der Waals surface area contributed by atoms with Gasteiger partial charge in [0.1, 0.15) is 5.75 Å². The van der Waals surface area contributed by atoms with E-state index in [0.717, 1.165) is 11.0 Å². The lowest BCUT2D eigenvalue weighted by molar-refractivity contribution is -0.384. The predicted molar refractivity (Wildman–Crippen MR) is 90.0 cm³/mol. The van der Waals surface area contributed by atoms with Crippen LogP contribution in [-0.4, -0.2) is 40.1 Å². The largest absolute Gasteiger partial charge is 0.480 e. The first kappa shape index (κ1) is 17.3. The van der Waals surface area contributed by atoms with Gasteiger partial charge in [0, 0.05) is 17.7 Å². The van der Waals surface area contributed by atoms with Gasteiger partial charge in [-0.3, -0.25) is 29.4 Å². The van der Waals surface area contributed by atoms with Gasteiger partial charge in [-0.25, -0.2) is 0 Å². The summed E-state index contributed by atoms with van der Waals surface area (Å²) < 4.78 is 5.49. The number of imide groups is 1. The van der Waals surface area contributed by atoms with Crippen molar-refractivity contribution in [3.63, 3.8) is 0 Å². The van der Waals surface area contributed by atoms with Crippen LogP contribution in [-0.2, 0) is 4.79 Å². The molecule has 3 rings (SSSR count). The third-order valence-electron chi connectivity index (χ3n) is 3.96. The van der Waals surface area contributed by atoms with Crippen LogP contribution >= 0.6 is 0 Å². The van der Waals surface area contributed by atoms with Crippen LogP contribution in [0.2, 0.25) is 0 Å². The molecule has 8 heteroatoms. The Labute approximate surface area is 148 Å². The van der Waals surface area contributed by atoms with Gasteiger partial charge < -0.3 is 4.74 Å². The normalized spacial score (nSPS) is 16.5. The van der Waals surface area contributed by atoms with Crippen LogP contribution < -0.4 is 4.74 Å². The Hall–Kier alpha value is -3.55. The van der Waals surface area contributed by atoms with E-state index in [-0.39, 0.29) is 22.6 Å². The zero-order valence-corrected chi connectivity index (χ0v) is 13.7. The zero-order valence-electron chi connectivity index (χ0n) is 13.7. The molecular formula is C18H14N2O6. The number of amides is 2. The maximum atomic E-state index is 12.7. The average Bonchev–Trinajstić information content (AvgIpc) is 2.72. The number of carbonyl (C=O) groups excluding carboxylic acids is 3. The molecule has 0 N–H and O–H groups in total. The number of hydrogen-bond donors (Lipinski definition) is 0. The number of nitro groups is 1. The smallest absolute Gasteiger partial charge is 0.270 e. The van der Waals surface area contributed by atoms with Crippen molar-refractivity contribution in [3.05, 3.63) is 69.8 Å². The van der Waals surface area contributed by atoms with Crippen molar-refractivity contribution < 1.29 is 24.0 Å². The fourth-order valence-corrected chi connectivity index (χ4v) is 2.63. The van der Waals surface area contributed by atoms with Crippen LogP contribution in [0.25, 0.3) is 0 Å². The first-order valence-corrected chi connectivity index (χ1v) is 7.77. The molecule has 0 bridgehead atoms. The van der Waals surface area contributed by atoms with Crippen LogP contribution in [0.15, 0.2) is 48.5 Å². The molecule has 26 heavy (non-hydrogen) atoms. The summed E-state index contributed by atoms with van der Waals surface area (Å²) in [4.78, 5) is 48.7. The molecule has 2 aromatic carbocycles. The number of para-hydroxylation sites is 1. The Morgan fingerprint density at radius 2 is 1.92 bits per heavy atom. The van der Waals surface area contributed by atoms with Gasteiger partial charge in [-0.1, -0.05) is 24.3 Å². The second-order valence-electron chi connectivity index (χ2n) is 5.72. The molecule has 1 heterocycles. The maximum absolute atomic E-state index is 12.7. The van der Waals surface area contributed by atoms with E-state index < -0.39 is 35.2 Å². The van der Waals surface area contributed by atoms with Gasteiger partial charge in [-0.05, 0) is 19.1 Å². The molecule has 1 aliphatic rings. The molecule has 0 saturated heterocycles. The Bertz CT molecular complexity index is 923. The van der Waals surface area contributed by atoms with Gasteiger partial charge in [-0.15, -0.1) is 0 Å². The molecule has 0 saturated carbocycles. The molecule has 0 aromatic heterocycles. The molecule has 0 unspecified atom stereocenters. The molecule has 0 fully saturated rings. The van der Waals surface area contributed by atoms with Crippen molar-refractivity contribution in [2.24, 2.45) is 0 Å². The average molecular weight is 354 g/mol. The van der Waals surface area contributed by atoms with Gasteiger partial charge in [-0.2, -0.15) is 0 Å². The number of fused-ring (bicyclic) bond motifs is 1. The number of Topliss-reactive ketones (excluding diaryl/α,β-unsaturated/α-hetero) is 1. The van der Waals surface area contributed by atoms with Gasteiger partial charge >= 0.3 is 0 Å². The lowest BCUT2D eigenvalue weighted by Gasteiger charge is -2.19. The first-order chi connectivity index (χ1) is 12.4. The minimum absolute atomic E-state index is 0.0471. The van der Waals surface area contributed by atoms with Crippen LogP contribution in [0.4, 0.5) is 5.69 Å². The van der Waals surface area contributed by atoms with Gasteiger partial charge in [0.05, 0.1) is 17.0 Å². The predicted octanol–water partition coefficient (Wildman–Crippen LogP) is 2.23. The van der Waals surface area contributed by atoms with Crippen LogP contribution in [0.1, 0.15) is 27.6 Å². The number of nitrogens with zero attached hydrogens (tertiary/aromatic N) is 2. The molecule has 1 atom stereocenters. The number of ether oxygens (including phenoxy) is 1. The summed E-state index contributed by atoms with van der Waals surface area (Å²) in [5.74, 6) is -1.61. The molecule has 2 amide bonds. The topological polar surface area (TPSA) is 107 Å². The molecule has 0 aliphatic carbocycles. The highest BCUT2D eigenvalue weighted by Crippen LogP contribution is 2.25. The SMILES string of the molecule is C[C@H]1Oc2ccccc2C(=O)N(CC(=O)c2cccc([N+](=O)[O-])c2)C1=O. The van der Waals surface area contributed by atoms with Crippen molar-refractivity contribution in [1.29, 1.82) is 0 Å². The third kappa shape index (κ3) is 3.16. The Balaban J connectivity index is 1.91.